The second kappa shape index (κ2) is 7.87. The lowest BCUT2D eigenvalue weighted by atomic mass is 9.70. The Balaban J connectivity index is 1.86. The molecule has 1 aromatic heterocycles. The van der Waals surface area contributed by atoms with E-state index in [-0.39, 0.29) is 11.2 Å². The summed E-state index contributed by atoms with van der Waals surface area (Å²) in [5, 5.41) is 1.02. The molecule has 30 heavy (non-hydrogen) atoms. The van der Waals surface area contributed by atoms with Crippen LogP contribution in [-0.4, -0.2) is 32.4 Å². The number of ether oxygens (including phenoxy) is 2. The zero-order valence-electron chi connectivity index (χ0n) is 17.6. The van der Waals surface area contributed by atoms with Crippen LogP contribution in [0.2, 0.25) is 0 Å². The topological polar surface area (TPSA) is 80.4 Å². The number of aromatic nitrogens is 1. The van der Waals surface area contributed by atoms with Gasteiger partial charge in [-0.15, -0.1) is 0 Å². The van der Waals surface area contributed by atoms with E-state index in [9.17, 15) is 8.42 Å². The van der Waals surface area contributed by atoms with Crippen LogP contribution in [0, 0.1) is 0 Å². The Bertz CT molecular complexity index is 1160. The second-order valence-electron chi connectivity index (χ2n) is 7.58. The number of rotatable bonds is 7. The van der Waals surface area contributed by atoms with E-state index in [2.05, 4.69) is 35.7 Å². The Hall–Kier alpha value is -2.67. The van der Waals surface area contributed by atoms with Gasteiger partial charge in [-0.1, -0.05) is 32.0 Å². The van der Waals surface area contributed by atoms with Crippen molar-refractivity contribution in [3.05, 3.63) is 53.7 Å². The summed E-state index contributed by atoms with van der Waals surface area (Å²) in [6.07, 6.45) is 3.79. The van der Waals surface area contributed by atoms with Crippen LogP contribution in [0.1, 0.15) is 44.7 Å². The van der Waals surface area contributed by atoms with E-state index in [4.69, 9.17) is 9.47 Å². The lowest BCUT2D eigenvalue weighted by molar-refractivity contribution is 0.171. The summed E-state index contributed by atoms with van der Waals surface area (Å²) in [6, 6.07) is 11.9. The van der Waals surface area contributed by atoms with Gasteiger partial charge in [0, 0.05) is 17.0 Å². The summed E-state index contributed by atoms with van der Waals surface area (Å²) in [4.78, 5) is 3.33. The van der Waals surface area contributed by atoms with Gasteiger partial charge >= 0.3 is 0 Å². The van der Waals surface area contributed by atoms with Crippen molar-refractivity contribution in [3.8, 4) is 11.5 Å². The highest BCUT2D eigenvalue weighted by molar-refractivity contribution is 7.92. The highest BCUT2D eigenvalue weighted by Gasteiger charge is 2.34. The zero-order valence-corrected chi connectivity index (χ0v) is 18.4. The average molecular weight is 429 g/mol. The molecule has 7 heteroatoms. The largest absolute Gasteiger partial charge is 0.486 e. The van der Waals surface area contributed by atoms with Gasteiger partial charge in [0.15, 0.2) is 11.5 Å². The number of fused-ring (bicyclic) bond motifs is 2. The molecule has 0 atom stereocenters. The van der Waals surface area contributed by atoms with Crippen molar-refractivity contribution in [2.75, 3.05) is 23.7 Å². The molecule has 0 saturated carbocycles. The zero-order chi connectivity index (χ0) is 21.4. The fraction of sp³-hybridized carbons (Fsp3) is 0.391. The predicted molar refractivity (Wildman–Crippen MR) is 120 cm³/mol. The Labute approximate surface area is 177 Å². The van der Waals surface area contributed by atoms with E-state index in [1.165, 1.54) is 0 Å². The molecular formula is C23H28N2O4S. The molecule has 6 nitrogen and oxygen atoms in total. The van der Waals surface area contributed by atoms with Crippen LogP contribution >= 0.6 is 0 Å². The molecule has 0 amide bonds. The Morgan fingerprint density at radius 2 is 1.77 bits per heavy atom. The van der Waals surface area contributed by atoms with Gasteiger partial charge in [0.05, 0.1) is 17.0 Å². The summed E-state index contributed by atoms with van der Waals surface area (Å²) in [6.45, 7) is 7.11. The number of anilines is 1. The molecule has 0 saturated heterocycles. The average Bonchev–Trinajstić information content (AvgIpc) is 3.21. The van der Waals surface area contributed by atoms with Crippen LogP contribution in [0.25, 0.3) is 10.9 Å². The minimum atomic E-state index is -3.36. The maximum atomic E-state index is 12.1. The summed E-state index contributed by atoms with van der Waals surface area (Å²) in [5.74, 6) is 1.59. The van der Waals surface area contributed by atoms with Crippen LogP contribution in [0.5, 0.6) is 11.5 Å². The molecular weight excluding hydrogens is 400 g/mol. The normalized spacial score (nSPS) is 14.1. The van der Waals surface area contributed by atoms with Gasteiger partial charge in [-0.05, 0) is 49.1 Å². The molecule has 2 N–H and O–H groups in total. The smallest absolute Gasteiger partial charge is 0.232 e. The van der Waals surface area contributed by atoms with Crippen molar-refractivity contribution in [1.82, 2.24) is 4.98 Å². The van der Waals surface area contributed by atoms with Crippen molar-refractivity contribution >= 4 is 26.6 Å². The van der Waals surface area contributed by atoms with Crippen molar-refractivity contribution in [2.45, 2.75) is 39.0 Å². The monoisotopic (exact) mass is 428 g/mol. The molecule has 0 aliphatic carbocycles. The highest BCUT2D eigenvalue weighted by atomic mass is 32.2. The molecule has 4 rings (SSSR count). The van der Waals surface area contributed by atoms with Gasteiger partial charge in [-0.25, -0.2) is 8.42 Å². The summed E-state index contributed by atoms with van der Waals surface area (Å²) in [7, 11) is -3.36. The van der Waals surface area contributed by atoms with Gasteiger partial charge in [0.1, 0.15) is 13.2 Å². The number of aromatic amines is 1. The quantitative estimate of drug-likeness (QED) is 0.566. The summed E-state index contributed by atoms with van der Waals surface area (Å²) >= 11 is 0. The predicted octanol–water partition coefficient (Wildman–Crippen LogP) is 4.81. The van der Waals surface area contributed by atoms with Gasteiger partial charge in [-0.3, -0.25) is 4.72 Å². The third-order valence-electron chi connectivity index (χ3n) is 6.18. The maximum absolute atomic E-state index is 12.1. The fourth-order valence-electron chi connectivity index (χ4n) is 4.41. The Kier molecular flexibility index (Phi) is 5.40. The van der Waals surface area contributed by atoms with Gasteiger partial charge in [-0.2, -0.15) is 0 Å². The first-order chi connectivity index (χ1) is 14.4. The molecule has 1 aliphatic heterocycles. The van der Waals surface area contributed by atoms with E-state index in [0.717, 1.165) is 46.4 Å². The van der Waals surface area contributed by atoms with E-state index in [1.807, 2.05) is 24.4 Å². The summed E-state index contributed by atoms with van der Waals surface area (Å²) in [5.41, 5.74) is 3.45. The molecule has 0 bridgehead atoms. The fourth-order valence-corrected chi connectivity index (χ4v) is 5.06. The second-order valence-corrected chi connectivity index (χ2v) is 9.59. The van der Waals surface area contributed by atoms with Crippen LogP contribution < -0.4 is 14.2 Å². The van der Waals surface area contributed by atoms with E-state index >= 15 is 0 Å². The molecule has 2 heterocycles. The molecule has 2 aromatic carbocycles. The third-order valence-corrected chi connectivity index (χ3v) is 7.47. The number of hydrogen-bond acceptors (Lipinski definition) is 4. The van der Waals surface area contributed by atoms with Gasteiger partial charge in [0.25, 0.3) is 0 Å². The Morgan fingerprint density at radius 1 is 1.03 bits per heavy atom. The first-order valence-corrected chi connectivity index (χ1v) is 12.1. The number of sulfonamides is 1. The van der Waals surface area contributed by atoms with Gasteiger partial charge < -0.3 is 14.5 Å². The maximum Gasteiger partial charge on any atom is 0.232 e. The van der Waals surface area contributed by atoms with Crippen LogP contribution in [0.15, 0.2) is 42.6 Å². The lowest BCUT2D eigenvalue weighted by Gasteiger charge is -2.33. The lowest BCUT2D eigenvalue weighted by Crippen LogP contribution is -2.26. The third kappa shape index (κ3) is 3.41. The first-order valence-electron chi connectivity index (χ1n) is 10.4. The standard InChI is InChI=1S/C23H28N2O4S/c1-4-23(5-2,16-10-11-20-21(14-16)29-13-12-28-20)18-15-24-22-17(18)8-7-9-19(22)25-30(26,27)6-3/h7-11,14-15,24-25H,4-6,12-13H2,1-3H3. The summed E-state index contributed by atoms with van der Waals surface area (Å²) < 4.78 is 38.5. The molecule has 0 spiro atoms. The van der Waals surface area contributed by atoms with Crippen molar-refractivity contribution in [2.24, 2.45) is 0 Å². The molecule has 160 valence electrons. The highest BCUT2D eigenvalue weighted by Crippen LogP contribution is 2.45. The van der Waals surface area contributed by atoms with Crippen molar-refractivity contribution in [1.29, 1.82) is 0 Å². The molecule has 0 unspecified atom stereocenters. The van der Waals surface area contributed by atoms with Crippen molar-refractivity contribution < 1.29 is 17.9 Å². The molecule has 1 aliphatic rings. The van der Waals surface area contributed by atoms with Crippen LogP contribution in [0.4, 0.5) is 5.69 Å². The van der Waals surface area contributed by atoms with Gasteiger partial charge in [0.2, 0.25) is 10.0 Å². The molecule has 0 radical (unpaired) electrons. The van der Waals surface area contributed by atoms with E-state index < -0.39 is 10.0 Å². The first kappa shape index (κ1) is 20.6. The number of benzene rings is 2. The van der Waals surface area contributed by atoms with E-state index in [0.29, 0.717) is 18.9 Å². The van der Waals surface area contributed by atoms with E-state index in [1.54, 1.807) is 13.0 Å². The van der Waals surface area contributed by atoms with Crippen LogP contribution in [0.3, 0.4) is 0 Å². The number of para-hydroxylation sites is 1. The molecule has 0 fully saturated rings. The number of nitrogens with one attached hydrogen (secondary N) is 2. The minimum Gasteiger partial charge on any atom is -0.486 e. The minimum absolute atomic E-state index is 0.0298. The Morgan fingerprint density at radius 3 is 2.47 bits per heavy atom. The molecule has 3 aromatic rings. The van der Waals surface area contributed by atoms with Crippen molar-refractivity contribution in [3.63, 3.8) is 0 Å². The van der Waals surface area contributed by atoms with Crippen LogP contribution in [-0.2, 0) is 15.4 Å². The number of hydrogen-bond donors (Lipinski definition) is 2. The number of H-pyrrole nitrogens is 1. The SMILES string of the molecule is CCC(CC)(c1ccc2c(c1)OCCO2)c1c[nH]c2c(NS(=O)(=O)CC)cccc12.